The number of aryl methyl sites for hydroxylation is 2. The van der Waals surface area contributed by atoms with E-state index in [9.17, 15) is 9.59 Å². The number of hydrogen-bond acceptors (Lipinski definition) is 6. The molecule has 1 heterocycles. The Kier molecular flexibility index (Phi) is 5.02. The first-order valence-corrected chi connectivity index (χ1v) is 9.29. The van der Waals surface area contributed by atoms with Crippen molar-refractivity contribution in [3.8, 4) is 11.1 Å². The van der Waals surface area contributed by atoms with Crippen molar-refractivity contribution in [3.63, 3.8) is 0 Å². The highest BCUT2D eigenvalue weighted by atomic mass is 16.5. The lowest BCUT2D eigenvalue weighted by Gasteiger charge is -2.06. The van der Waals surface area contributed by atoms with Crippen LogP contribution in [-0.2, 0) is 22.4 Å². The third-order valence-electron chi connectivity index (χ3n) is 4.82. The van der Waals surface area contributed by atoms with E-state index in [4.69, 9.17) is 9.26 Å². The molecule has 0 amide bonds. The minimum atomic E-state index is -0.404. The lowest BCUT2D eigenvalue weighted by atomic mass is 10.0. The van der Waals surface area contributed by atoms with E-state index >= 15 is 0 Å². The average Bonchev–Trinajstić information content (AvgIpc) is 3.28. The Labute approximate surface area is 162 Å². The number of ketones is 1. The molecule has 1 aromatic heterocycles. The summed E-state index contributed by atoms with van der Waals surface area (Å²) in [5.41, 5.74) is 5.36. The molecule has 6 nitrogen and oxygen atoms in total. The molecule has 0 saturated heterocycles. The van der Waals surface area contributed by atoms with E-state index in [0.29, 0.717) is 30.1 Å². The molecule has 0 aliphatic heterocycles. The van der Waals surface area contributed by atoms with E-state index in [1.54, 1.807) is 13.0 Å². The lowest BCUT2D eigenvalue weighted by molar-refractivity contribution is -0.142. The molecule has 2 aromatic carbocycles. The third-order valence-corrected chi connectivity index (χ3v) is 4.82. The number of aromatic nitrogens is 2. The number of benzene rings is 2. The first-order chi connectivity index (χ1) is 13.6. The number of fused-ring (bicyclic) bond motifs is 3. The molecule has 0 saturated carbocycles. The number of carbonyl (C=O) groups is 2. The van der Waals surface area contributed by atoms with Gasteiger partial charge < -0.3 is 9.26 Å². The maximum absolute atomic E-state index is 12.4. The summed E-state index contributed by atoms with van der Waals surface area (Å²) in [5.74, 6) is 0.471. The van der Waals surface area contributed by atoms with Gasteiger partial charge in [-0.25, -0.2) is 0 Å². The summed E-state index contributed by atoms with van der Waals surface area (Å²) in [7, 11) is 0. The normalized spacial score (nSPS) is 11.8. The predicted octanol–water partition coefficient (Wildman–Crippen LogP) is 3.70. The van der Waals surface area contributed by atoms with E-state index in [-0.39, 0.29) is 18.8 Å². The van der Waals surface area contributed by atoms with Crippen LogP contribution in [-0.4, -0.2) is 28.5 Å². The van der Waals surface area contributed by atoms with E-state index in [2.05, 4.69) is 22.3 Å². The van der Waals surface area contributed by atoms with Crippen LogP contribution in [0.2, 0.25) is 0 Å². The molecule has 6 heteroatoms. The molecule has 1 aliphatic rings. The summed E-state index contributed by atoms with van der Waals surface area (Å²) in [4.78, 5) is 28.4. The van der Waals surface area contributed by atoms with Crippen molar-refractivity contribution < 1.29 is 18.8 Å². The molecule has 4 rings (SSSR count). The Morgan fingerprint density at radius 3 is 2.75 bits per heavy atom. The van der Waals surface area contributed by atoms with Gasteiger partial charge in [0.1, 0.15) is 0 Å². The minimum Gasteiger partial charge on any atom is -0.457 e. The number of carbonyl (C=O) groups excluding carboxylic acids is 2. The fourth-order valence-electron chi connectivity index (χ4n) is 3.45. The average molecular weight is 376 g/mol. The van der Waals surface area contributed by atoms with Gasteiger partial charge in [-0.2, -0.15) is 4.98 Å². The van der Waals surface area contributed by atoms with E-state index in [1.807, 2.05) is 24.3 Å². The molecule has 0 fully saturated rings. The monoisotopic (exact) mass is 376 g/mol. The number of esters is 1. The SMILES string of the molecule is Cc1noc(CCCC(=O)OCC(=O)c2ccc3c(c2)Cc2ccccc2-3)n1. The van der Waals surface area contributed by atoms with Crippen molar-refractivity contribution in [2.75, 3.05) is 6.61 Å². The third kappa shape index (κ3) is 3.86. The van der Waals surface area contributed by atoms with Gasteiger partial charge in [0.25, 0.3) is 0 Å². The summed E-state index contributed by atoms with van der Waals surface area (Å²) in [6, 6.07) is 13.9. The van der Waals surface area contributed by atoms with Crippen LogP contribution in [0.3, 0.4) is 0 Å². The molecule has 142 valence electrons. The quantitative estimate of drug-likeness (QED) is 0.361. The van der Waals surface area contributed by atoms with Crippen LogP contribution >= 0.6 is 0 Å². The number of Topliss-reactive ketones (excluding diaryl/α,β-unsaturated/α-hetero) is 1. The zero-order chi connectivity index (χ0) is 19.5. The number of ether oxygens (including phenoxy) is 1. The van der Waals surface area contributed by atoms with Gasteiger partial charge in [-0.3, -0.25) is 9.59 Å². The van der Waals surface area contributed by atoms with Crippen molar-refractivity contribution in [3.05, 3.63) is 70.9 Å². The molecule has 0 spiro atoms. The fraction of sp³-hybridized carbons (Fsp3) is 0.273. The summed E-state index contributed by atoms with van der Waals surface area (Å²) in [6.45, 7) is 1.49. The molecular formula is C22H20N2O4. The van der Waals surface area contributed by atoms with Crippen molar-refractivity contribution in [2.45, 2.75) is 32.6 Å². The Morgan fingerprint density at radius 2 is 1.93 bits per heavy atom. The van der Waals surface area contributed by atoms with E-state index in [0.717, 1.165) is 12.0 Å². The van der Waals surface area contributed by atoms with Crippen LogP contribution < -0.4 is 0 Å². The Balaban J connectivity index is 1.28. The van der Waals surface area contributed by atoms with Gasteiger partial charge in [-0.15, -0.1) is 0 Å². The zero-order valence-electron chi connectivity index (χ0n) is 15.6. The highest BCUT2D eigenvalue weighted by Gasteiger charge is 2.19. The second-order valence-corrected chi connectivity index (χ2v) is 6.88. The maximum Gasteiger partial charge on any atom is 0.306 e. The van der Waals surface area contributed by atoms with Gasteiger partial charge in [0.15, 0.2) is 18.2 Å². The molecule has 0 N–H and O–H groups in total. The fourth-order valence-corrected chi connectivity index (χ4v) is 3.45. The Hall–Kier alpha value is -3.28. The smallest absolute Gasteiger partial charge is 0.306 e. The molecule has 0 atom stereocenters. The van der Waals surface area contributed by atoms with Crippen LogP contribution in [0.25, 0.3) is 11.1 Å². The first-order valence-electron chi connectivity index (χ1n) is 9.29. The summed E-state index contributed by atoms with van der Waals surface area (Å²) in [6.07, 6.45) is 2.07. The van der Waals surface area contributed by atoms with Crippen molar-refractivity contribution in [1.82, 2.24) is 10.1 Å². The van der Waals surface area contributed by atoms with Gasteiger partial charge in [0, 0.05) is 18.4 Å². The standard InChI is InChI=1S/C22H20N2O4/c1-14-23-21(28-24-14)7-4-8-22(26)27-13-20(25)16-9-10-19-17(12-16)11-15-5-2-3-6-18(15)19/h2-3,5-6,9-10,12H,4,7-8,11,13H2,1H3. The van der Waals surface area contributed by atoms with Crippen LogP contribution in [0, 0.1) is 6.92 Å². The van der Waals surface area contributed by atoms with Gasteiger partial charge in [0.2, 0.25) is 5.89 Å². The topological polar surface area (TPSA) is 82.3 Å². The zero-order valence-corrected chi connectivity index (χ0v) is 15.6. The minimum absolute atomic E-state index is 0.195. The van der Waals surface area contributed by atoms with Crippen molar-refractivity contribution in [2.24, 2.45) is 0 Å². The van der Waals surface area contributed by atoms with Crippen LogP contribution in [0.1, 0.15) is 46.0 Å². The highest BCUT2D eigenvalue weighted by molar-refractivity contribution is 5.99. The van der Waals surface area contributed by atoms with Crippen molar-refractivity contribution in [1.29, 1.82) is 0 Å². The summed E-state index contributed by atoms with van der Waals surface area (Å²) in [5, 5.41) is 3.70. The number of rotatable bonds is 7. The van der Waals surface area contributed by atoms with Gasteiger partial charge in [-0.1, -0.05) is 41.6 Å². The van der Waals surface area contributed by atoms with Gasteiger partial charge in [0.05, 0.1) is 0 Å². The summed E-state index contributed by atoms with van der Waals surface area (Å²) >= 11 is 0. The lowest BCUT2D eigenvalue weighted by Crippen LogP contribution is -2.14. The number of hydrogen-bond donors (Lipinski definition) is 0. The number of nitrogens with zero attached hydrogens (tertiary/aromatic N) is 2. The molecule has 3 aromatic rings. The second kappa shape index (κ2) is 7.76. The van der Waals surface area contributed by atoms with E-state index in [1.165, 1.54) is 16.7 Å². The molecular weight excluding hydrogens is 356 g/mol. The Bertz CT molecular complexity index is 1040. The van der Waals surface area contributed by atoms with Crippen molar-refractivity contribution >= 4 is 11.8 Å². The largest absolute Gasteiger partial charge is 0.457 e. The van der Waals surface area contributed by atoms with E-state index < -0.39 is 5.97 Å². The van der Waals surface area contributed by atoms with Gasteiger partial charge in [-0.05, 0) is 48.1 Å². The molecule has 1 aliphatic carbocycles. The Morgan fingerprint density at radius 1 is 1.11 bits per heavy atom. The second-order valence-electron chi connectivity index (χ2n) is 6.88. The summed E-state index contributed by atoms with van der Waals surface area (Å²) < 4.78 is 10.1. The molecule has 0 radical (unpaired) electrons. The van der Waals surface area contributed by atoms with Gasteiger partial charge >= 0.3 is 5.97 Å². The maximum atomic E-state index is 12.4. The highest BCUT2D eigenvalue weighted by Crippen LogP contribution is 2.36. The molecule has 28 heavy (non-hydrogen) atoms. The molecule has 0 bridgehead atoms. The van der Waals surface area contributed by atoms with Crippen LogP contribution in [0.5, 0.6) is 0 Å². The first kappa shape index (κ1) is 18.1. The molecule has 0 unspecified atom stereocenters. The predicted molar refractivity (Wildman–Crippen MR) is 102 cm³/mol. The van der Waals surface area contributed by atoms with Crippen LogP contribution in [0.15, 0.2) is 47.0 Å². The van der Waals surface area contributed by atoms with Crippen LogP contribution in [0.4, 0.5) is 0 Å².